The number of rotatable bonds is 5. The van der Waals surface area contributed by atoms with Gasteiger partial charge in [-0.2, -0.15) is 0 Å². The van der Waals surface area contributed by atoms with Crippen molar-refractivity contribution in [1.29, 1.82) is 0 Å². The predicted octanol–water partition coefficient (Wildman–Crippen LogP) is 2.57. The van der Waals surface area contributed by atoms with E-state index >= 15 is 0 Å². The number of carbonyl (C=O) groups is 2. The number of carbonyl (C=O) groups excluding carboxylic acids is 2. The van der Waals surface area contributed by atoms with Crippen molar-refractivity contribution in [3.8, 4) is 0 Å². The van der Waals surface area contributed by atoms with Gasteiger partial charge in [0.2, 0.25) is 11.8 Å². The second-order valence-corrected chi connectivity index (χ2v) is 8.47. The van der Waals surface area contributed by atoms with Crippen molar-refractivity contribution in [2.24, 2.45) is 11.8 Å². The molecule has 2 unspecified atom stereocenters. The Hall–Kier alpha value is -2.08. The van der Waals surface area contributed by atoms with Crippen molar-refractivity contribution in [3.63, 3.8) is 0 Å². The predicted molar refractivity (Wildman–Crippen MR) is 109 cm³/mol. The highest BCUT2D eigenvalue weighted by Crippen LogP contribution is 2.29. The average molecular weight is 386 g/mol. The van der Waals surface area contributed by atoms with Crippen LogP contribution in [0.15, 0.2) is 24.3 Å². The Morgan fingerprint density at radius 2 is 1.86 bits per heavy atom. The molecule has 6 heteroatoms. The molecular weight excluding hydrogens is 354 g/mol. The molecule has 2 atom stereocenters. The van der Waals surface area contributed by atoms with Crippen molar-refractivity contribution >= 4 is 23.2 Å². The zero-order chi connectivity index (χ0) is 19.5. The number of nitrogens with one attached hydrogen (secondary N) is 1. The number of hydrogen-bond donors (Lipinski definition) is 1. The quantitative estimate of drug-likeness (QED) is 0.846. The first-order valence-corrected chi connectivity index (χ1v) is 10.6. The van der Waals surface area contributed by atoms with Crippen molar-refractivity contribution in [2.75, 3.05) is 42.6 Å². The highest BCUT2D eigenvalue weighted by Gasteiger charge is 2.35. The van der Waals surface area contributed by atoms with E-state index in [4.69, 9.17) is 4.74 Å². The zero-order valence-corrected chi connectivity index (χ0v) is 16.7. The highest BCUT2D eigenvalue weighted by atomic mass is 16.5. The Morgan fingerprint density at radius 1 is 1.14 bits per heavy atom. The fourth-order valence-corrected chi connectivity index (χ4v) is 4.41. The summed E-state index contributed by atoms with van der Waals surface area (Å²) in [5.41, 5.74) is 2.10. The summed E-state index contributed by atoms with van der Waals surface area (Å²) < 4.78 is 5.55. The number of piperidine rings is 1. The minimum absolute atomic E-state index is 0.0248. The third kappa shape index (κ3) is 4.32. The van der Waals surface area contributed by atoms with Gasteiger partial charge in [-0.15, -0.1) is 0 Å². The summed E-state index contributed by atoms with van der Waals surface area (Å²) >= 11 is 0. The largest absolute Gasteiger partial charge is 0.376 e. The summed E-state index contributed by atoms with van der Waals surface area (Å²) in [6.45, 7) is 6.28. The Balaban J connectivity index is 1.32. The van der Waals surface area contributed by atoms with Crippen molar-refractivity contribution < 1.29 is 14.3 Å². The minimum atomic E-state index is -0.280. The fourth-order valence-electron chi connectivity index (χ4n) is 4.41. The van der Waals surface area contributed by atoms with E-state index in [9.17, 15) is 9.59 Å². The lowest BCUT2D eigenvalue weighted by Gasteiger charge is -2.32. The molecular formula is C22H31N3O3. The van der Waals surface area contributed by atoms with Gasteiger partial charge in [0.25, 0.3) is 0 Å². The lowest BCUT2D eigenvalue weighted by Crippen LogP contribution is -2.37. The molecule has 0 spiro atoms. The molecule has 152 valence electrons. The Bertz CT molecular complexity index is 691. The van der Waals surface area contributed by atoms with Gasteiger partial charge in [-0.1, -0.05) is 6.92 Å². The lowest BCUT2D eigenvalue weighted by molar-refractivity contribution is -0.126. The van der Waals surface area contributed by atoms with Crippen LogP contribution in [0, 0.1) is 11.8 Å². The number of ether oxygens (including phenoxy) is 1. The Labute approximate surface area is 167 Å². The molecule has 3 aliphatic rings. The molecule has 1 aromatic carbocycles. The van der Waals surface area contributed by atoms with Gasteiger partial charge in [-0.3, -0.25) is 9.59 Å². The van der Waals surface area contributed by atoms with Gasteiger partial charge in [0.05, 0.1) is 12.0 Å². The van der Waals surface area contributed by atoms with Crippen LogP contribution in [0.25, 0.3) is 0 Å². The van der Waals surface area contributed by atoms with Crippen molar-refractivity contribution in [3.05, 3.63) is 24.3 Å². The average Bonchev–Trinajstić information content (AvgIpc) is 3.37. The van der Waals surface area contributed by atoms with E-state index < -0.39 is 0 Å². The van der Waals surface area contributed by atoms with Crippen LogP contribution in [-0.2, 0) is 14.3 Å². The summed E-state index contributed by atoms with van der Waals surface area (Å²) in [7, 11) is 0. The topological polar surface area (TPSA) is 61.9 Å². The first-order chi connectivity index (χ1) is 13.6. The van der Waals surface area contributed by atoms with Gasteiger partial charge in [0.15, 0.2) is 0 Å². The number of amides is 2. The van der Waals surface area contributed by atoms with Crippen LogP contribution < -0.4 is 15.1 Å². The summed E-state index contributed by atoms with van der Waals surface area (Å²) in [6.07, 6.45) is 4.93. The normalized spacial score (nSPS) is 26.1. The fraction of sp³-hybridized carbons (Fsp3) is 0.636. The molecule has 0 radical (unpaired) electrons. The minimum Gasteiger partial charge on any atom is -0.376 e. The molecule has 6 nitrogen and oxygen atoms in total. The molecule has 1 aromatic rings. The monoisotopic (exact) mass is 385 g/mol. The standard InChI is InChI=1S/C22H31N3O3/c1-16-8-10-24(11-9-16)18-4-6-19(7-5-18)25-15-17(13-21(25)26)22(27)23-14-20-3-2-12-28-20/h4-7,16-17,20H,2-3,8-15H2,1H3,(H,23,27). The van der Waals surface area contributed by atoms with E-state index in [1.165, 1.54) is 18.5 Å². The van der Waals surface area contributed by atoms with Crippen LogP contribution in [0.1, 0.15) is 39.0 Å². The summed E-state index contributed by atoms with van der Waals surface area (Å²) in [5, 5.41) is 2.97. The summed E-state index contributed by atoms with van der Waals surface area (Å²) in [4.78, 5) is 29.1. The second-order valence-electron chi connectivity index (χ2n) is 8.47. The van der Waals surface area contributed by atoms with E-state index in [1.807, 2.05) is 12.1 Å². The van der Waals surface area contributed by atoms with Crippen LogP contribution in [-0.4, -0.2) is 50.7 Å². The van der Waals surface area contributed by atoms with Crippen LogP contribution in [0.3, 0.4) is 0 Å². The smallest absolute Gasteiger partial charge is 0.227 e. The van der Waals surface area contributed by atoms with Crippen LogP contribution in [0.5, 0.6) is 0 Å². The molecule has 0 saturated carbocycles. The first-order valence-electron chi connectivity index (χ1n) is 10.6. The molecule has 28 heavy (non-hydrogen) atoms. The highest BCUT2D eigenvalue weighted by molar-refractivity contribution is 6.00. The van der Waals surface area contributed by atoms with Gasteiger partial charge < -0.3 is 19.9 Å². The number of anilines is 2. The molecule has 3 saturated heterocycles. The van der Waals surface area contributed by atoms with Crippen molar-refractivity contribution in [1.82, 2.24) is 5.32 Å². The maximum atomic E-state index is 12.5. The molecule has 3 aliphatic heterocycles. The van der Waals surface area contributed by atoms with Crippen LogP contribution in [0.4, 0.5) is 11.4 Å². The zero-order valence-electron chi connectivity index (χ0n) is 16.7. The van der Waals surface area contributed by atoms with Gasteiger partial charge >= 0.3 is 0 Å². The SMILES string of the molecule is CC1CCN(c2ccc(N3CC(C(=O)NCC4CCCO4)CC3=O)cc2)CC1. The maximum Gasteiger partial charge on any atom is 0.227 e. The molecule has 0 bridgehead atoms. The van der Waals surface area contributed by atoms with Gasteiger partial charge in [0.1, 0.15) is 0 Å². The second kappa shape index (κ2) is 8.52. The summed E-state index contributed by atoms with van der Waals surface area (Å²) in [5.74, 6) is 0.514. The first kappa shape index (κ1) is 19.2. The van der Waals surface area contributed by atoms with Gasteiger partial charge in [-0.05, 0) is 55.9 Å². The van der Waals surface area contributed by atoms with E-state index in [0.29, 0.717) is 13.1 Å². The Kier molecular flexibility index (Phi) is 5.85. The molecule has 3 fully saturated rings. The number of nitrogens with zero attached hydrogens (tertiary/aromatic N) is 2. The lowest BCUT2D eigenvalue weighted by atomic mass is 9.99. The molecule has 3 heterocycles. The molecule has 0 aliphatic carbocycles. The molecule has 4 rings (SSSR count). The molecule has 2 amide bonds. The molecule has 1 N–H and O–H groups in total. The Morgan fingerprint density at radius 3 is 2.54 bits per heavy atom. The third-order valence-electron chi connectivity index (χ3n) is 6.33. The summed E-state index contributed by atoms with van der Waals surface area (Å²) in [6, 6.07) is 8.22. The van der Waals surface area contributed by atoms with E-state index in [0.717, 1.165) is 44.1 Å². The van der Waals surface area contributed by atoms with Gasteiger partial charge in [0, 0.05) is 50.6 Å². The van der Waals surface area contributed by atoms with E-state index in [1.54, 1.807) is 4.90 Å². The van der Waals surface area contributed by atoms with E-state index in [2.05, 4.69) is 29.3 Å². The number of hydrogen-bond acceptors (Lipinski definition) is 4. The van der Waals surface area contributed by atoms with Crippen LogP contribution >= 0.6 is 0 Å². The number of benzene rings is 1. The maximum absolute atomic E-state index is 12.5. The van der Waals surface area contributed by atoms with Gasteiger partial charge in [-0.25, -0.2) is 0 Å². The van der Waals surface area contributed by atoms with E-state index in [-0.39, 0.29) is 30.3 Å². The third-order valence-corrected chi connectivity index (χ3v) is 6.33. The van der Waals surface area contributed by atoms with Crippen molar-refractivity contribution in [2.45, 2.75) is 45.1 Å². The molecule has 0 aromatic heterocycles. The van der Waals surface area contributed by atoms with Crippen LogP contribution in [0.2, 0.25) is 0 Å².